The van der Waals surface area contributed by atoms with Gasteiger partial charge < -0.3 is 10.5 Å². The number of ether oxygens (including phenoxy) is 1. The molecule has 0 aliphatic carbocycles. The van der Waals surface area contributed by atoms with Crippen molar-refractivity contribution in [3.63, 3.8) is 0 Å². The Morgan fingerprint density at radius 3 is 2.08 bits per heavy atom. The minimum absolute atomic E-state index is 0.192. The first-order valence-corrected chi connectivity index (χ1v) is 4.62. The topological polar surface area (TPSA) is 52.3 Å². The predicted molar refractivity (Wildman–Crippen MR) is 53.3 cm³/mol. The number of carbonyl (C=O) groups excluding carboxylic acids is 1. The molecule has 0 heterocycles. The summed E-state index contributed by atoms with van der Waals surface area (Å²) in [5.41, 5.74) is 5.46. The quantitative estimate of drug-likeness (QED) is 0.681. The van der Waals surface area contributed by atoms with E-state index < -0.39 is 0 Å². The summed E-state index contributed by atoms with van der Waals surface area (Å²) in [7, 11) is 1.40. The van der Waals surface area contributed by atoms with Gasteiger partial charge in [-0.05, 0) is 25.7 Å². The monoisotopic (exact) mass is 187 g/mol. The van der Waals surface area contributed by atoms with Crippen molar-refractivity contribution in [2.24, 2.45) is 11.1 Å². The van der Waals surface area contributed by atoms with Crippen molar-refractivity contribution in [1.29, 1.82) is 0 Å². The molecule has 1 unspecified atom stereocenters. The standard InChI is InChI=1S/C10H21NO2/c1-6-10(4,9(2,3)11)7-8(12)13-5/h6-7,11H2,1-5H3. The van der Waals surface area contributed by atoms with Crippen LogP contribution < -0.4 is 5.73 Å². The molecule has 1 atom stereocenters. The number of hydrogen-bond acceptors (Lipinski definition) is 3. The van der Waals surface area contributed by atoms with E-state index in [1.807, 2.05) is 27.7 Å². The van der Waals surface area contributed by atoms with Crippen LogP contribution in [0.3, 0.4) is 0 Å². The Hall–Kier alpha value is -0.570. The van der Waals surface area contributed by atoms with Crippen molar-refractivity contribution < 1.29 is 9.53 Å². The molecule has 0 radical (unpaired) electrons. The maximum atomic E-state index is 11.2. The lowest BCUT2D eigenvalue weighted by molar-refractivity contribution is -0.144. The molecule has 0 aromatic carbocycles. The third kappa shape index (κ3) is 2.99. The summed E-state index contributed by atoms with van der Waals surface area (Å²) >= 11 is 0. The van der Waals surface area contributed by atoms with Crippen LogP contribution in [0.2, 0.25) is 0 Å². The van der Waals surface area contributed by atoms with Crippen LogP contribution in [0.25, 0.3) is 0 Å². The SMILES string of the molecule is CCC(C)(CC(=O)OC)C(C)(C)N. The van der Waals surface area contributed by atoms with Crippen molar-refractivity contribution in [3.8, 4) is 0 Å². The first-order chi connectivity index (χ1) is 5.77. The molecular formula is C10H21NO2. The van der Waals surface area contributed by atoms with E-state index in [9.17, 15) is 4.79 Å². The third-order valence-electron chi connectivity index (χ3n) is 3.10. The fraction of sp³-hybridized carbons (Fsp3) is 0.900. The summed E-state index contributed by atoms with van der Waals surface area (Å²) in [6.07, 6.45) is 1.25. The molecular weight excluding hydrogens is 166 g/mol. The van der Waals surface area contributed by atoms with E-state index in [-0.39, 0.29) is 16.9 Å². The van der Waals surface area contributed by atoms with Crippen LogP contribution in [0.5, 0.6) is 0 Å². The maximum Gasteiger partial charge on any atom is 0.306 e. The number of carbonyl (C=O) groups is 1. The summed E-state index contributed by atoms with van der Waals surface area (Å²) < 4.78 is 4.65. The lowest BCUT2D eigenvalue weighted by atomic mass is 9.69. The molecule has 13 heavy (non-hydrogen) atoms. The Morgan fingerprint density at radius 2 is 1.85 bits per heavy atom. The predicted octanol–water partition coefficient (Wildman–Crippen LogP) is 1.70. The van der Waals surface area contributed by atoms with Gasteiger partial charge in [0.05, 0.1) is 13.5 Å². The van der Waals surface area contributed by atoms with E-state index in [0.717, 1.165) is 6.42 Å². The van der Waals surface area contributed by atoms with Crippen molar-refractivity contribution in [2.45, 2.75) is 46.1 Å². The fourth-order valence-corrected chi connectivity index (χ4v) is 1.20. The highest BCUT2D eigenvalue weighted by molar-refractivity contribution is 5.70. The molecule has 0 aromatic heterocycles. The highest BCUT2D eigenvalue weighted by Gasteiger charge is 2.38. The highest BCUT2D eigenvalue weighted by Crippen LogP contribution is 2.36. The molecule has 3 heteroatoms. The van der Waals surface area contributed by atoms with Gasteiger partial charge in [-0.2, -0.15) is 0 Å². The van der Waals surface area contributed by atoms with Crippen LogP contribution in [0.15, 0.2) is 0 Å². The Balaban J connectivity index is 4.56. The van der Waals surface area contributed by atoms with Gasteiger partial charge in [-0.1, -0.05) is 13.8 Å². The summed E-state index contributed by atoms with van der Waals surface area (Å²) in [4.78, 5) is 11.2. The fourth-order valence-electron chi connectivity index (χ4n) is 1.20. The molecule has 0 aliphatic rings. The molecule has 0 saturated carbocycles. The van der Waals surface area contributed by atoms with Crippen molar-refractivity contribution in [1.82, 2.24) is 0 Å². The Morgan fingerprint density at radius 1 is 1.38 bits per heavy atom. The van der Waals surface area contributed by atoms with Crippen LogP contribution in [0.4, 0.5) is 0 Å². The molecule has 0 spiro atoms. The van der Waals surface area contributed by atoms with Crippen molar-refractivity contribution in [3.05, 3.63) is 0 Å². The van der Waals surface area contributed by atoms with Crippen LogP contribution in [-0.4, -0.2) is 18.6 Å². The van der Waals surface area contributed by atoms with Gasteiger partial charge in [0.2, 0.25) is 0 Å². The average molecular weight is 187 g/mol. The molecule has 3 nitrogen and oxygen atoms in total. The maximum absolute atomic E-state index is 11.2. The highest BCUT2D eigenvalue weighted by atomic mass is 16.5. The molecule has 0 saturated heterocycles. The normalized spacial score (nSPS) is 16.5. The molecule has 0 aromatic rings. The van der Waals surface area contributed by atoms with Gasteiger partial charge in [-0.3, -0.25) is 4.79 Å². The molecule has 78 valence electrons. The number of rotatable bonds is 4. The summed E-state index contributed by atoms with van der Waals surface area (Å²) in [5, 5.41) is 0. The van der Waals surface area contributed by atoms with Gasteiger partial charge >= 0.3 is 5.97 Å². The van der Waals surface area contributed by atoms with Crippen LogP contribution in [0.1, 0.15) is 40.5 Å². The largest absolute Gasteiger partial charge is 0.469 e. The molecule has 0 bridgehead atoms. The number of hydrogen-bond donors (Lipinski definition) is 1. The molecule has 0 rings (SSSR count). The van der Waals surface area contributed by atoms with Crippen LogP contribution in [-0.2, 0) is 9.53 Å². The second-order valence-corrected chi connectivity index (χ2v) is 4.39. The zero-order valence-corrected chi connectivity index (χ0v) is 9.31. The zero-order chi connectivity index (χ0) is 10.7. The van der Waals surface area contributed by atoms with Gasteiger partial charge in [0, 0.05) is 5.54 Å². The lowest BCUT2D eigenvalue weighted by Gasteiger charge is -2.40. The van der Waals surface area contributed by atoms with E-state index in [4.69, 9.17) is 5.73 Å². The van der Waals surface area contributed by atoms with E-state index in [0.29, 0.717) is 6.42 Å². The van der Waals surface area contributed by atoms with Gasteiger partial charge in [-0.25, -0.2) is 0 Å². The van der Waals surface area contributed by atoms with Crippen LogP contribution >= 0.6 is 0 Å². The lowest BCUT2D eigenvalue weighted by Crippen LogP contribution is -2.49. The third-order valence-corrected chi connectivity index (χ3v) is 3.10. The summed E-state index contributed by atoms with van der Waals surface area (Å²) in [5.74, 6) is -0.192. The van der Waals surface area contributed by atoms with E-state index in [1.165, 1.54) is 7.11 Å². The van der Waals surface area contributed by atoms with Gasteiger partial charge in [0.1, 0.15) is 0 Å². The molecule has 0 aliphatic heterocycles. The molecule has 0 amide bonds. The van der Waals surface area contributed by atoms with Gasteiger partial charge in [0.25, 0.3) is 0 Å². The Bertz CT molecular complexity index is 184. The van der Waals surface area contributed by atoms with Crippen molar-refractivity contribution in [2.75, 3.05) is 7.11 Å². The number of esters is 1. The summed E-state index contributed by atoms with van der Waals surface area (Å²) in [6, 6.07) is 0. The first-order valence-electron chi connectivity index (χ1n) is 4.62. The minimum atomic E-state index is -0.365. The number of methoxy groups -OCH3 is 1. The van der Waals surface area contributed by atoms with E-state index in [1.54, 1.807) is 0 Å². The first kappa shape index (κ1) is 12.4. The van der Waals surface area contributed by atoms with Gasteiger partial charge in [-0.15, -0.1) is 0 Å². The van der Waals surface area contributed by atoms with E-state index in [2.05, 4.69) is 4.74 Å². The zero-order valence-electron chi connectivity index (χ0n) is 9.31. The van der Waals surface area contributed by atoms with Crippen LogP contribution in [0, 0.1) is 5.41 Å². The van der Waals surface area contributed by atoms with E-state index >= 15 is 0 Å². The second-order valence-electron chi connectivity index (χ2n) is 4.39. The Kier molecular flexibility index (Phi) is 3.91. The molecule has 2 N–H and O–H groups in total. The van der Waals surface area contributed by atoms with Gasteiger partial charge in [0.15, 0.2) is 0 Å². The minimum Gasteiger partial charge on any atom is -0.469 e. The average Bonchev–Trinajstić information content (AvgIpc) is 2.02. The smallest absolute Gasteiger partial charge is 0.306 e. The summed E-state index contributed by atoms with van der Waals surface area (Å²) in [6.45, 7) is 7.94. The second kappa shape index (κ2) is 4.09. The number of nitrogens with two attached hydrogens (primary N) is 1. The van der Waals surface area contributed by atoms with Crippen molar-refractivity contribution >= 4 is 5.97 Å². The molecule has 0 fully saturated rings. The Labute approximate surface area is 80.6 Å².